The number of ether oxygens (including phenoxy) is 2. The molecule has 1 aliphatic rings. The second kappa shape index (κ2) is 4.86. The molecule has 5 heteroatoms. The predicted octanol–water partition coefficient (Wildman–Crippen LogP) is 1.08. The second-order valence-corrected chi connectivity index (χ2v) is 4.46. The van der Waals surface area contributed by atoms with Gasteiger partial charge in [0.05, 0.1) is 19.9 Å². The Morgan fingerprint density at radius 1 is 1.28 bits per heavy atom. The molecular weight excluding hydrogens is 232 g/mol. The van der Waals surface area contributed by atoms with Gasteiger partial charge in [-0.3, -0.25) is 4.79 Å². The molecule has 1 fully saturated rings. The Kier molecular flexibility index (Phi) is 3.43. The van der Waals surface area contributed by atoms with Gasteiger partial charge in [-0.05, 0) is 18.6 Å². The summed E-state index contributed by atoms with van der Waals surface area (Å²) < 4.78 is 10.5. The Morgan fingerprint density at radius 3 is 2.39 bits per heavy atom. The van der Waals surface area contributed by atoms with Crippen LogP contribution in [0.4, 0.5) is 5.69 Å². The maximum absolute atomic E-state index is 11.9. The van der Waals surface area contributed by atoms with Crippen LogP contribution in [0.2, 0.25) is 0 Å². The number of carbonyl (C=O) groups excluding carboxylic acids is 1. The molecule has 1 unspecified atom stereocenters. The summed E-state index contributed by atoms with van der Waals surface area (Å²) in [5.41, 5.74) is 7.62. The van der Waals surface area contributed by atoms with Crippen LogP contribution in [-0.4, -0.2) is 32.7 Å². The number of nitrogens with zero attached hydrogens (tertiary/aromatic N) is 1. The first-order valence-corrected chi connectivity index (χ1v) is 5.85. The van der Waals surface area contributed by atoms with Crippen LogP contribution < -0.4 is 20.1 Å². The van der Waals surface area contributed by atoms with Gasteiger partial charge in [0.1, 0.15) is 0 Å². The molecule has 2 N–H and O–H groups in total. The minimum absolute atomic E-state index is 0.0535. The molecule has 1 atom stereocenters. The SMILES string of the molecule is COc1cc(C)c(N2CC(N)CC2=O)cc1OC. The molecule has 0 radical (unpaired) electrons. The van der Waals surface area contributed by atoms with E-state index in [4.69, 9.17) is 15.2 Å². The highest BCUT2D eigenvalue weighted by atomic mass is 16.5. The molecule has 0 spiro atoms. The first-order chi connectivity index (χ1) is 8.56. The standard InChI is InChI=1S/C13H18N2O3/c1-8-4-11(17-2)12(18-3)6-10(8)15-7-9(14)5-13(15)16/h4,6,9H,5,7,14H2,1-3H3. The zero-order valence-electron chi connectivity index (χ0n) is 10.9. The molecule has 0 aliphatic carbocycles. The number of carbonyl (C=O) groups is 1. The lowest BCUT2D eigenvalue weighted by Gasteiger charge is -2.20. The average molecular weight is 250 g/mol. The number of aryl methyl sites for hydroxylation is 1. The molecule has 1 aromatic carbocycles. The molecule has 1 heterocycles. The van der Waals surface area contributed by atoms with E-state index in [-0.39, 0.29) is 11.9 Å². The number of anilines is 1. The lowest BCUT2D eigenvalue weighted by Crippen LogP contribution is -2.28. The third kappa shape index (κ3) is 2.13. The van der Waals surface area contributed by atoms with E-state index < -0.39 is 0 Å². The summed E-state index contributed by atoms with van der Waals surface area (Å²) >= 11 is 0. The zero-order chi connectivity index (χ0) is 13.3. The number of benzene rings is 1. The molecule has 1 saturated heterocycles. The molecule has 2 rings (SSSR count). The Labute approximate surface area is 106 Å². The van der Waals surface area contributed by atoms with Crippen molar-refractivity contribution in [2.45, 2.75) is 19.4 Å². The molecule has 98 valence electrons. The van der Waals surface area contributed by atoms with Crippen molar-refractivity contribution in [2.24, 2.45) is 5.73 Å². The average Bonchev–Trinajstić information content (AvgIpc) is 2.68. The van der Waals surface area contributed by atoms with Gasteiger partial charge in [0.2, 0.25) is 5.91 Å². The topological polar surface area (TPSA) is 64.8 Å². The van der Waals surface area contributed by atoms with Gasteiger partial charge in [0.25, 0.3) is 0 Å². The summed E-state index contributed by atoms with van der Waals surface area (Å²) in [4.78, 5) is 13.6. The van der Waals surface area contributed by atoms with Gasteiger partial charge in [-0.25, -0.2) is 0 Å². The number of hydrogen-bond acceptors (Lipinski definition) is 4. The zero-order valence-corrected chi connectivity index (χ0v) is 10.9. The first-order valence-electron chi connectivity index (χ1n) is 5.85. The van der Waals surface area contributed by atoms with Crippen LogP contribution in [0.1, 0.15) is 12.0 Å². The Balaban J connectivity index is 2.42. The van der Waals surface area contributed by atoms with E-state index in [1.54, 1.807) is 19.1 Å². The number of methoxy groups -OCH3 is 2. The van der Waals surface area contributed by atoms with Crippen molar-refractivity contribution in [3.05, 3.63) is 17.7 Å². The fourth-order valence-electron chi connectivity index (χ4n) is 2.23. The highest BCUT2D eigenvalue weighted by Crippen LogP contribution is 2.36. The lowest BCUT2D eigenvalue weighted by atomic mass is 10.1. The Bertz CT molecular complexity index is 474. The third-order valence-electron chi connectivity index (χ3n) is 3.15. The molecule has 1 amide bonds. The first kappa shape index (κ1) is 12.7. The molecule has 1 aliphatic heterocycles. The summed E-state index contributed by atoms with van der Waals surface area (Å²) in [6, 6.07) is 3.60. The van der Waals surface area contributed by atoms with E-state index >= 15 is 0 Å². The van der Waals surface area contributed by atoms with Crippen LogP contribution in [0.25, 0.3) is 0 Å². The molecule has 0 bridgehead atoms. The molecule has 1 aromatic rings. The van der Waals surface area contributed by atoms with Crippen LogP contribution in [0.15, 0.2) is 12.1 Å². The van der Waals surface area contributed by atoms with Crippen LogP contribution in [0, 0.1) is 6.92 Å². The fraction of sp³-hybridized carbons (Fsp3) is 0.462. The summed E-state index contributed by atoms with van der Waals surface area (Å²) in [6.45, 7) is 2.49. The van der Waals surface area contributed by atoms with Crippen molar-refractivity contribution in [1.82, 2.24) is 0 Å². The van der Waals surface area contributed by atoms with Crippen molar-refractivity contribution >= 4 is 11.6 Å². The van der Waals surface area contributed by atoms with Gasteiger partial charge in [-0.15, -0.1) is 0 Å². The highest BCUT2D eigenvalue weighted by Gasteiger charge is 2.29. The van der Waals surface area contributed by atoms with Gasteiger partial charge in [-0.1, -0.05) is 0 Å². The van der Waals surface area contributed by atoms with Crippen molar-refractivity contribution in [3.8, 4) is 11.5 Å². The van der Waals surface area contributed by atoms with Gasteiger partial charge >= 0.3 is 0 Å². The van der Waals surface area contributed by atoms with E-state index in [1.165, 1.54) is 0 Å². The Morgan fingerprint density at radius 2 is 1.89 bits per heavy atom. The molecular formula is C13H18N2O3. The predicted molar refractivity (Wildman–Crippen MR) is 69.2 cm³/mol. The number of amides is 1. The molecule has 5 nitrogen and oxygen atoms in total. The second-order valence-electron chi connectivity index (χ2n) is 4.46. The van der Waals surface area contributed by atoms with Crippen LogP contribution in [-0.2, 0) is 4.79 Å². The minimum Gasteiger partial charge on any atom is -0.493 e. The van der Waals surface area contributed by atoms with E-state index in [1.807, 2.05) is 19.1 Å². The maximum atomic E-state index is 11.9. The van der Waals surface area contributed by atoms with Gasteiger partial charge in [0, 0.05) is 25.1 Å². The molecule has 18 heavy (non-hydrogen) atoms. The number of nitrogens with two attached hydrogens (primary N) is 1. The maximum Gasteiger partial charge on any atom is 0.228 e. The number of rotatable bonds is 3. The quantitative estimate of drug-likeness (QED) is 0.871. The monoisotopic (exact) mass is 250 g/mol. The summed E-state index contributed by atoms with van der Waals surface area (Å²) in [5.74, 6) is 1.33. The van der Waals surface area contributed by atoms with E-state index in [9.17, 15) is 4.79 Å². The number of hydrogen-bond donors (Lipinski definition) is 1. The molecule has 0 saturated carbocycles. The molecule has 0 aromatic heterocycles. The van der Waals surface area contributed by atoms with Gasteiger partial charge in [0.15, 0.2) is 11.5 Å². The smallest absolute Gasteiger partial charge is 0.228 e. The minimum atomic E-state index is -0.0926. The van der Waals surface area contributed by atoms with E-state index in [0.29, 0.717) is 24.5 Å². The van der Waals surface area contributed by atoms with Crippen LogP contribution in [0.3, 0.4) is 0 Å². The van der Waals surface area contributed by atoms with Crippen molar-refractivity contribution in [3.63, 3.8) is 0 Å². The fourth-order valence-corrected chi connectivity index (χ4v) is 2.23. The lowest BCUT2D eigenvalue weighted by molar-refractivity contribution is -0.117. The largest absolute Gasteiger partial charge is 0.493 e. The van der Waals surface area contributed by atoms with Gasteiger partial charge < -0.3 is 20.1 Å². The normalized spacial score (nSPS) is 19.2. The summed E-state index contributed by atoms with van der Waals surface area (Å²) in [6.07, 6.45) is 0.397. The Hall–Kier alpha value is -1.75. The van der Waals surface area contributed by atoms with Crippen molar-refractivity contribution in [2.75, 3.05) is 25.7 Å². The van der Waals surface area contributed by atoms with E-state index in [0.717, 1.165) is 11.3 Å². The third-order valence-corrected chi connectivity index (χ3v) is 3.15. The highest BCUT2D eigenvalue weighted by molar-refractivity contribution is 5.97. The van der Waals surface area contributed by atoms with Crippen LogP contribution in [0.5, 0.6) is 11.5 Å². The van der Waals surface area contributed by atoms with Crippen LogP contribution >= 0.6 is 0 Å². The summed E-state index contributed by atoms with van der Waals surface area (Å²) in [7, 11) is 3.17. The van der Waals surface area contributed by atoms with Crippen molar-refractivity contribution in [1.29, 1.82) is 0 Å². The van der Waals surface area contributed by atoms with Gasteiger partial charge in [-0.2, -0.15) is 0 Å². The summed E-state index contributed by atoms with van der Waals surface area (Å²) in [5, 5.41) is 0. The van der Waals surface area contributed by atoms with E-state index in [2.05, 4.69) is 0 Å². The van der Waals surface area contributed by atoms with Crippen molar-refractivity contribution < 1.29 is 14.3 Å².